The highest BCUT2D eigenvalue weighted by Gasteiger charge is 2.37. The van der Waals surface area contributed by atoms with Crippen LogP contribution in [0.5, 0.6) is 11.8 Å². The van der Waals surface area contributed by atoms with Crippen LogP contribution in [-0.4, -0.2) is 56.9 Å². The smallest absolute Gasteiger partial charge is 0.410 e. The summed E-state index contributed by atoms with van der Waals surface area (Å²) in [6, 6.07) is 29.3. The van der Waals surface area contributed by atoms with Gasteiger partial charge in [0.2, 0.25) is 17.7 Å². The Labute approximate surface area is 287 Å². The summed E-state index contributed by atoms with van der Waals surface area (Å²) in [5, 5.41) is 5.80. The molecule has 3 heterocycles. The highest BCUT2D eigenvalue weighted by atomic mass is 16.6. The van der Waals surface area contributed by atoms with E-state index in [1.54, 1.807) is 16.8 Å². The van der Waals surface area contributed by atoms with Gasteiger partial charge in [-0.3, -0.25) is 9.48 Å². The molecule has 0 N–H and O–H groups in total. The van der Waals surface area contributed by atoms with Crippen molar-refractivity contribution < 1.29 is 23.8 Å². The number of nitrogens with zero attached hydrogens (tertiary/aromatic N) is 5. The van der Waals surface area contributed by atoms with E-state index in [0.29, 0.717) is 37.2 Å². The molecule has 0 saturated carbocycles. The SMILES string of the molecule is C[C@H]1CN(c2ccc3c(-c4ccc(OCc5ccccc5)nc4OCc4ccccc4)nn(C)c3c2)C(=O)C[C@H]1N(C)C(=O)OC(C)(C)C. The molecule has 0 bridgehead atoms. The maximum absolute atomic E-state index is 13.5. The van der Waals surface area contributed by atoms with Crippen LogP contribution in [0.4, 0.5) is 10.5 Å². The van der Waals surface area contributed by atoms with Gasteiger partial charge in [0.1, 0.15) is 24.5 Å². The normalized spacial score (nSPS) is 16.4. The molecule has 6 rings (SSSR count). The van der Waals surface area contributed by atoms with Gasteiger partial charge < -0.3 is 24.0 Å². The number of rotatable bonds is 9. The number of pyridine rings is 1. The first kappa shape index (κ1) is 33.5. The molecule has 1 aliphatic rings. The van der Waals surface area contributed by atoms with E-state index in [0.717, 1.165) is 33.3 Å². The zero-order chi connectivity index (χ0) is 34.7. The van der Waals surface area contributed by atoms with Gasteiger partial charge in [-0.15, -0.1) is 0 Å². The van der Waals surface area contributed by atoms with Gasteiger partial charge in [0.25, 0.3) is 0 Å². The standard InChI is InChI=1S/C39H43N5O5/c1-26-23-44(35(45)22-32(26)42(5)38(46)49-39(2,3)4)29-17-18-30-33(21-29)43(6)41-36(30)31-19-20-34(47-24-27-13-9-7-10-14-27)40-37(31)48-25-28-15-11-8-12-16-28/h7-21,26,32H,22-25H2,1-6H3/t26-,32+/m0/s1. The summed E-state index contributed by atoms with van der Waals surface area (Å²) in [6.07, 6.45) is -0.218. The van der Waals surface area contributed by atoms with E-state index in [9.17, 15) is 9.59 Å². The van der Waals surface area contributed by atoms with Crippen molar-refractivity contribution in [3.8, 4) is 23.0 Å². The summed E-state index contributed by atoms with van der Waals surface area (Å²) in [6.45, 7) is 8.75. The molecular formula is C39H43N5O5. The van der Waals surface area contributed by atoms with Gasteiger partial charge in [-0.2, -0.15) is 10.1 Å². The Morgan fingerprint density at radius 1 is 0.918 bits per heavy atom. The number of aromatic nitrogens is 3. The van der Waals surface area contributed by atoms with Gasteiger partial charge >= 0.3 is 6.09 Å². The van der Waals surface area contributed by atoms with Gasteiger partial charge in [-0.05, 0) is 62.1 Å². The summed E-state index contributed by atoms with van der Waals surface area (Å²) in [7, 11) is 3.59. The fourth-order valence-electron chi connectivity index (χ4n) is 6.10. The molecule has 10 heteroatoms. The number of hydrogen-bond acceptors (Lipinski definition) is 7. The third-order valence-corrected chi connectivity index (χ3v) is 8.68. The van der Waals surface area contributed by atoms with Crippen molar-refractivity contribution in [3.05, 3.63) is 102 Å². The molecule has 1 aliphatic heterocycles. The lowest BCUT2D eigenvalue weighted by atomic mass is 9.92. The first-order valence-electron chi connectivity index (χ1n) is 16.5. The highest BCUT2D eigenvalue weighted by Crippen LogP contribution is 2.37. The number of aryl methyl sites for hydroxylation is 1. The molecule has 2 atom stereocenters. The Morgan fingerprint density at radius 2 is 1.57 bits per heavy atom. The fourth-order valence-corrected chi connectivity index (χ4v) is 6.10. The highest BCUT2D eigenvalue weighted by molar-refractivity contribution is 6.00. The second kappa shape index (κ2) is 14.0. The molecule has 0 spiro atoms. The van der Waals surface area contributed by atoms with E-state index in [1.807, 2.05) is 123 Å². The topological polar surface area (TPSA) is 99.0 Å². The van der Waals surface area contributed by atoms with Crippen LogP contribution in [0.3, 0.4) is 0 Å². The van der Waals surface area contributed by atoms with Gasteiger partial charge in [-0.25, -0.2) is 4.79 Å². The van der Waals surface area contributed by atoms with E-state index < -0.39 is 11.7 Å². The summed E-state index contributed by atoms with van der Waals surface area (Å²) < 4.78 is 19.7. The van der Waals surface area contributed by atoms with Crippen LogP contribution in [0.15, 0.2) is 91.0 Å². The zero-order valence-corrected chi connectivity index (χ0v) is 28.9. The molecule has 0 radical (unpaired) electrons. The lowest BCUT2D eigenvalue weighted by molar-refractivity contribution is -0.121. The molecule has 1 fully saturated rings. The lowest BCUT2D eigenvalue weighted by Crippen LogP contribution is -2.54. The molecular weight excluding hydrogens is 618 g/mol. The Balaban J connectivity index is 1.26. The quantitative estimate of drug-likeness (QED) is 0.162. The number of fused-ring (bicyclic) bond motifs is 1. The maximum Gasteiger partial charge on any atom is 0.410 e. The first-order valence-corrected chi connectivity index (χ1v) is 16.5. The third-order valence-electron chi connectivity index (χ3n) is 8.68. The minimum Gasteiger partial charge on any atom is -0.473 e. The van der Waals surface area contributed by atoms with Crippen LogP contribution in [0, 0.1) is 5.92 Å². The van der Waals surface area contributed by atoms with Crippen LogP contribution in [-0.2, 0) is 29.8 Å². The molecule has 0 aliphatic carbocycles. The number of amides is 2. The summed E-state index contributed by atoms with van der Waals surface area (Å²) >= 11 is 0. The third kappa shape index (κ3) is 7.69. The monoisotopic (exact) mass is 661 g/mol. The Morgan fingerprint density at radius 3 is 2.22 bits per heavy atom. The molecule has 0 unspecified atom stereocenters. The van der Waals surface area contributed by atoms with Crippen molar-refractivity contribution in [2.24, 2.45) is 13.0 Å². The number of anilines is 1. The molecule has 254 valence electrons. The average Bonchev–Trinajstić information content (AvgIpc) is 3.42. The van der Waals surface area contributed by atoms with Crippen LogP contribution in [0.25, 0.3) is 22.2 Å². The van der Waals surface area contributed by atoms with Crippen molar-refractivity contribution in [2.75, 3.05) is 18.5 Å². The molecule has 49 heavy (non-hydrogen) atoms. The number of carbonyl (C=O) groups excluding carboxylic acids is 2. The van der Waals surface area contributed by atoms with Crippen LogP contribution < -0.4 is 14.4 Å². The van der Waals surface area contributed by atoms with E-state index in [1.165, 1.54) is 0 Å². The Kier molecular flexibility index (Phi) is 9.58. The van der Waals surface area contributed by atoms with Crippen molar-refractivity contribution in [3.63, 3.8) is 0 Å². The Bertz CT molecular complexity index is 1940. The minimum absolute atomic E-state index is 0.0334. The van der Waals surface area contributed by atoms with Crippen molar-refractivity contribution >= 4 is 28.6 Å². The van der Waals surface area contributed by atoms with Gasteiger partial charge in [0.15, 0.2) is 0 Å². The van der Waals surface area contributed by atoms with Crippen molar-refractivity contribution in [1.82, 2.24) is 19.7 Å². The largest absolute Gasteiger partial charge is 0.473 e. The summed E-state index contributed by atoms with van der Waals surface area (Å²) in [4.78, 5) is 34.4. The number of benzene rings is 3. The number of ether oxygens (including phenoxy) is 3. The van der Waals surface area contributed by atoms with Gasteiger partial charge in [0, 0.05) is 50.2 Å². The van der Waals surface area contributed by atoms with E-state index in [-0.39, 0.29) is 24.3 Å². The number of carbonyl (C=O) groups is 2. The molecule has 1 saturated heterocycles. The van der Waals surface area contributed by atoms with E-state index in [2.05, 4.69) is 6.92 Å². The predicted octanol–water partition coefficient (Wildman–Crippen LogP) is 7.40. The molecule has 2 amide bonds. The number of hydrogen-bond donors (Lipinski definition) is 0. The second-order valence-electron chi connectivity index (χ2n) is 13.6. The lowest BCUT2D eigenvalue weighted by Gasteiger charge is -2.41. The summed E-state index contributed by atoms with van der Waals surface area (Å²) in [5.41, 5.74) is 4.53. The molecule has 10 nitrogen and oxygen atoms in total. The average molecular weight is 662 g/mol. The summed E-state index contributed by atoms with van der Waals surface area (Å²) in [5.74, 6) is 0.850. The van der Waals surface area contributed by atoms with E-state index >= 15 is 0 Å². The van der Waals surface area contributed by atoms with E-state index in [4.69, 9.17) is 24.3 Å². The second-order valence-corrected chi connectivity index (χ2v) is 13.6. The van der Waals surface area contributed by atoms with Gasteiger partial charge in [0.05, 0.1) is 11.1 Å². The Hall–Kier alpha value is -5.38. The van der Waals surface area contributed by atoms with Crippen molar-refractivity contribution in [1.29, 1.82) is 0 Å². The fraction of sp³-hybridized carbons (Fsp3) is 0.333. The molecule has 3 aromatic carbocycles. The molecule has 2 aromatic heterocycles. The molecule has 5 aromatic rings. The first-order chi connectivity index (χ1) is 23.5. The van der Waals surface area contributed by atoms with Crippen LogP contribution >= 0.6 is 0 Å². The maximum atomic E-state index is 13.5. The van der Waals surface area contributed by atoms with Crippen LogP contribution in [0.2, 0.25) is 0 Å². The zero-order valence-electron chi connectivity index (χ0n) is 28.9. The van der Waals surface area contributed by atoms with Gasteiger partial charge in [-0.1, -0.05) is 67.6 Å². The van der Waals surface area contributed by atoms with Crippen LogP contribution in [0.1, 0.15) is 45.2 Å². The predicted molar refractivity (Wildman–Crippen MR) is 189 cm³/mol. The minimum atomic E-state index is -0.611. The number of piperidine rings is 1. The van der Waals surface area contributed by atoms with Crippen molar-refractivity contribution in [2.45, 2.75) is 59.0 Å².